The van der Waals surface area contributed by atoms with Crippen LogP contribution >= 0.6 is 0 Å². The largest absolute Gasteiger partial charge is 0.482 e. The first-order chi connectivity index (χ1) is 6.51. The lowest BCUT2D eigenvalue weighted by Crippen LogP contribution is -2.20. The van der Waals surface area contributed by atoms with Crippen molar-refractivity contribution in [3.63, 3.8) is 0 Å². The van der Waals surface area contributed by atoms with E-state index in [0.29, 0.717) is 0 Å². The van der Waals surface area contributed by atoms with Gasteiger partial charge in [-0.15, -0.1) is 0 Å². The molecule has 76 valence electrons. The highest BCUT2D eigenvalue weighted by atomic mass is 19.4. The van der Waals surface area contributed by atoms with Crippen molar-refractivity contribution in [2.75, 3.05) is 5.32 Å². The second-order valence-corrected chi connectivity index (χ2v) is 2.36. The first kappa shape index (κ1) is 10.4. The molecule has 3 nitrogen and oxygen atoms in total. The molecule has 0 saturated carbocycles. The molecular weight excluding hydrogens is 199 g/mol. The monoisotopic (exact) mass is 205 g/mol. The number of nitrogens with one attached hydrogen (secondary N) is 1. The molecule has 1 rings (SSSR count). The van der Waals surface area contributed by atoms with Crippen molar-refractivity contribution >= 4 is 12.2 Å². The zero-order valence-corrected chi connectivity index (χ0v) is 6.84. The topological polar surface area (TPSA) is 38.3 Å². The average molecular weight is 205 g/mol. The quantitative estimate of drug-likeness (QED) is 0.607. The molecular formula is C8H6F3NO2. The van der Waals surface area contributed by atoms with E-state index in [4.69, 9.17) is 0 Å². The van der Waals surface area contributed by atoms with E-state index >= 15 is 0 Å². The van der Waals surface area contributed by atoms with Crippen LogP contribution in [0.25, 0.3) is 0 Å². The van der Waals surface area contributed by atoms with Crippen LogP contribution in [0.15, 0.2) is 24.3 Å². The molecule has 1 aromatic carbocycles. The summed E-state index contributed by atoms with van der Waals surface area (Å²) in [5.41, 5.74) is -0.115. The summed E-state index contributed by atoms with van der Waals surface area (Å²) in [5, 5.41) is 1.31. The van der Waals surface area contributed by atoms with Gasteiger partial charge in [0.2, 0.25) is 0 Å². The van der Waals surface area contributed by atoms with Crippen molar-refractivity contribution < 1.29 is 22.7 Å². The lowest BCUT2D eigenvalue weighted by Gasteiger charge is -2.09. The van der Waals surface area contributed by atoms with Gasteiger partial charge < -0.3 is 4.74 Å². The van der Waals surface area contributed by atoms with Crippen molar-refractivity contribution in [1.82, 2.24) is 0 Å². The number of carbonyl (C=O) groups is 1. The number of alkyl halides is 3. The molecule has 1 aromatic rings. The molecule has 0 aliphatic carbocycles. The summed E-state index contributed by atoms with van der Waals surface area (Å²) in [6.07, 6.45) is -4.47. The summed E-state index contributed by atoms with van der Waals surface area (Å²) < 4.78 is 39.8. The lowest BCUT2D eigenvalue weighted by atomic mass is 10.3. The summed E-state index contributed by atoms with van der Waals surface area (Å²) >= 11 is 0. The maximum atomic E-state index is 11.8. The first-order valence-corrected chi connectivity index (χ1v) is 3.56. The zero-order valence-electron chi connectivity index (χ0n) is 6.84. The summed E-state index contributed by atoms with van der Waals surface area (Å²) in [5.74, 6) is 0.188. The summed E-state index contributed by atoms with van der Waals surface area (Å²) in [6.45, 7) is 0.201. The molecule has 0 aliphatic rings. The second-order valence-electron chi connectivity index (χ2n) is 2.36. The Labute approximate surface area is 77.5 Å². The number of anilines is 1. The van der Waals surface area contributed by atoms with Crippen molar-refractivity contribution in [3.8, 4) is 5.75 Å². The SMILES string of the molecule is O=COc1ccc(NC(F)(F)F)cc1. The lowest BCUT2D eigenvalue weighted by molar-refractivity contribution is -0.120. The van der Waals surface area contributed by atoms with E-state index in [0.717, 1.165) is 12.1 Å². The molecule has 0 amide bonds. The number of rotatable bonds is 3. The number of benzene rings is 1. The van der Waals surface area contributed by atoms with Crippen LogP contribution in [0.3, 0.4) is 0 Å². The van der Waals surface area contributed by atoms with Gasteiger partial charge >= 0.3 is 6.30 Å². The Hall–Kier alpha value is -1.72. The van der Waals surface area contributed by atoms with E-state index in [1.54, 1.807) is 0 Å². The predicted octanol–water partition coefficient (Wildman–Crippen LogP) is 2.15. The van der Waals surface area contributed by atoms with Crippen LogP contribution < -0.4 is 10.1 Å². The predicted molar refractivity (Wildman–Crippen MR) is 42.8 cm³/mol. The molecule has 0 bridgehead atoms. The van der Waals surface area contributed by atoms with Crippen LogP contribution in [0, 0.1) is 0 Å². The smallest absolute Gasteiger partial charge is 0.429 e. The van der Waals surface area contributed by atoms with E-state index in [9.17, 15) is 18.0 Å². The summed E-state index contributed by atoms with van der Waals surface area (Å²) in [7, 11) is 0. The third-order valence-electron chi connectivity index (χ3n) is 1.32. The Bertz CT molecular complexity index is 307. The van der Waals surface area contributed by atoms with Gasteiger partial charge in [-0.25, -0.2) is 0 Å². The molecule has 0 spiro atoms. The van der Waals surface area contributed by atoms with Gasteiger partial charge in [0.25, 0.3) is 6.47 Å². The number of hydrogen-bond donors (Lipinski definition) is 1. The molecule has 0 radical (unpaired) electrons. The number of ether oxygens (including phenoxy) is 1. The normalized spacial score (nSPS) is 10.8. The molecule has 0 atom stereocenters. The van der Waals surface area contributed by atoms with Crippen LogP contribution in [0.5, 0.6) is 5.75 Å². The van der Waals surface area contributed by atoms with Gasteiger partial charge in [0.1, 0.15) is 5.75 Å². The zero-order chi connectivity index (χ0) is 10.6. The van der Waals surface area contributed by atoms with Crippen molar-refractivity contribution in [2.45, 2.75) is 6.30 Å². The molecule has 1 N–H and O–H groups in total. The maximum absolute atomic E-state index is 11.8. The molecule has 0 unspecified atom stereocenters. The molecule has 6 heteroatoms. The highest BCUT2D eigenvalue weighted by molar-refractivity contribution is 5.50. The van der Waals surface area contributed by atoms with Gasteiger partial charge in [-0.3, -0.25) is 10.1 Å². The number of halogens is 3. The molecule has 0 aromatic heterocycles. The number of hydrogen-bond acceptors (Lipinski definition) is 3. The van der Waals surface area contributed by atoms with Crippen LogP contribution in [-0.2, 0) is 4.79 Å². The number of carbonyl (C=O) groups excluding carboxylic acids is 1. The van der Waals surface area contributed by atoms with Gasteiger partial charge in [-0.05, 0) is 24.3 Å². The van der Waals surface area contributed by atoms with Gasteiger partial charge in [0.15, 0.2) is 0 Å². The molecule has 0 fully saturated rings. The highest BCUT2D eigenvalue weighted by Crippen LogP contribution is 2.21. The third-order valence-corrected chi connectivity index (χ3v) is 1.32. The standard InChI is InChI=1S/C8H6F3NO2/c9-8(10,11)12-6-1-3-7(4-2-6)14-5-13/h1-5,12H. The molecule has 0 heterocycles. The van der Waals surface area contributed by atoms with Crippen molar-refractivity contribution in [3.05, 3.63) is 24.3 Å². The van der Waals surface area contributed by atoms with E-state index in [1.165, 1.54) is 17.4 Å². The molecule has 0 aliphatic heterocycles. The van der Waals surface area contributed by atoms with Gasteiger partial charge in [0, 0.05) is 5.69 Å². The van der Waals surface area contributed by atoms with Crippen molar-refractivity contribution in [2.24, 2.45) is 0 Å². The minimum Gasteiger partial charge on any atom is -0.429 e. The average Bonchev–Trinajstić information content (AvgIpc) is 2.06. The fourth-order valence-electron chi connectivity index (χ4n) is 0.836. The molecule has 0 saturated heterocycles. The van der Waals surface area contributed by atoms with Gasteiger partial charge in [-0.1, -0.05) is 0 Å². The van der Waals surface area contributed by atoms with E-state index < -0.39 is 6.30 Å². The van der Waals surface area contributed by atoms with Crippen LogP contribution in [0.4, 0.5) is 18.9 Å². The molecule has 14 heavy (non-hydrogen) atoms. The Kier molecular flexibility index (Phi) is 2.95. The van der Waals surface area contributed by atoms with Gasteiger partial charge in [-0.2, -0.15) is 13.2 Å². The fourth-order valence-corrected chi connectivity index (χ4v) is 0.836. The van der Waals surface area contributed by atoms with Crippen molar-refractivity contribution in [1.29, 1.82) is 0 Å². The second kappa shape index (κ2) is 3.99. The van der Waals surface area contributed by atoms with Crippen LogP contribution in [0.2, 0.25) is 0 Å². The highest BCUT2D eigenvalue weighted by Gasteiger charge is 2.26. The Morgan fingerprint density at radius 1 is 1.21 bits per heavy atom. The Morgan fingerprint density at radius 2 is 1.79 bits per heavy atom. The van der Waals surface area contributed by atoms with E-state index in [1.807, 2.05) is 0 Å². The third kappa shape index (κ3) is 3.34. The Balaban J connectivity index is 2.68. The Morgan fingerprint density at radius 3 is 2.21 bits per heavy atom. The van der Waals surface area contributed by atoms with Crippen LogP contribution in [0.1, 0.15) is 0 Å². The fraction of sp³-hybridized carbons (Fsp3) is 0.125. The summed E-state index contributed by atoms with van der Waals surface area (Å²) in [4.78, 5) is 9.87. The minimum atomic E-state index is -4.47. The van der Waals surface area contributed by atoms with E-state index in [-0.39, 0.29) is 17.9 Å². The van der Waals surface area contributed by atoms with E-state index in [2.05, 4.69) is 4.74 Å². The summed E-state index contributed by atoms with van der Waals surface area (Å²) in [6, 6.07) is 4.82. The first-order valence-electron chi connectivity index (χ1n) is 3.56. The maximum Gasteiger partial charge on any atom is 0.482 e. The van der Waals surface area contributed by atoms with Crippen LogP contribution in [-0.4, -0.2) is 12.8 Å². The van der Waals surface area contributed by atoms with Gasteiger partial charge in [0.05, 0.1) is 0 Å². The minimum absolute atomic E-state index is 0.115.